The first-order chi connectivity index (χ1) is 4.50. The average molecular weight is 178 g/mol. The van der Waals surface area contributed by atoms with Gasteiger partial charge in [-0.1, -0.05) is 0 Å². The molecule has 0 saturated carbocycles. The van der Waals surface area contributed by atoms with E-state index in [-0.39, 0.29) is 0 Å². The zero-order valence-corrected chi connectivity index (χ0v) is 5.18. The molecular formula is C5H4F6. The van der Waals surface area contributed by atoms with Crippen molar-refractivity contribution in [2.24, 2.45) is 5.41 Å². The molecule has 0 rings (SSSR count). The topological polar surface area (TPSA) is 0 Å². The number of hydrogen-bond donors (Lipinski definition) is 0. The Balaban J connectivity index is 4.75. The van der Waals surface area contributed by atoms with E-state index in [4.69, 9.17) is 0 Å². The molecule has 66 valence electrons. The van der Waals surface area contributed by atoms with Crippen LogP contribution in [0.5, 0.6) is 0 Å². The Kier molecular flexibility index (Phi) is 2.19. The van der Waals surface area contributed by atoms with Crippen molar-refractivity contribution in [3.63, 3.8) is 0 Å². The highest BCUT2D eigenvalue weighted by molar-refractivity contribution is 4.97. The van der Waals surface area contributed by atoms with Crippen LogP contribution in [0, 0.1) is 19.3 Å². The monoisotopic (exact) mass is 178 g/mol. The lowest BCUT2D eigenvalue weighted by atomic mass is 9.92. The molecule has 0 heterocycles. The zero-order valence-electron chi connectivity index (χ0n) is 5.18. The van der Waals surface area contributed by atoms with Crippen LogP contribution in [0.15, 0.2) is 0 Å². The van der Waals surface area contributed by atoms with E-state index in [0.717, 1.165) is 0 Å². The molecule has 0 atom stereocenters. The van der Waals surface area contributed by atoms with Gasteiger partial charge in [0.05, 0.1) is 0 Å². The third-order valence-electron chi connectivity index (χ3n) is 1.09. The number of halogens is 6. The van der Waals surface area contributed by atoms with Crippen LogP contribution in [0.3, 0.4) is 0 Å². The normalized spacial score (nSPS) is 15.3. The molecule has 0 aromatic carbocycles. The molecule has 0 N–H and O–H groups in total. The Morgan fingerprint density at radius 3 is 0.818 bits per heavy atom. The molecule has 0 unspecified atom stereocenters. The van der Waals surface area contributed by atoms with E-state index in [1.54, 1.807) is 0 Å². The molecule has 0 spiro atoms. The highest BCUT2D eigenvalue weighted by atomic mass is 19.4. The minimum absolute atomic E-state index is 1.95. The lowest BCUT2D eigenvalue weighted by molar-refractivity contribution is -0.305. The van der Waals surface area contributed by atoms with Crippen molar-refractivity contribution >= 4 is 0 Å². The molecule has 0 aromatic rings. The van der Waals surface area contributed by atoms with Gasteiger partial charge in [-0.2, -0.15) is 26.3 Å². The van der Waals surface area contributed by atoms with E-state index in [1.165, 1.54) is 0 Å². The van der Waals surface area contributed by atoms with Crippen LogP contribution in [0.1, 0.15) is 0 Å². The maximum Gasteiger partial charge on any atom is 0.403 e. The van der Waals surface area contributed by atoms with Crippen molar-refractivity contribution in [1.82, 2.24) is 0 Å². The molecular weight excluding hydrogens is 174 g/mol. The smallest absolute Gasteiger partial charge is 0.170 e. The van der Waals surface area contributed by atoms with E-state index in [9.17, 15) is 26.3 Å². The summed E-state index contributed by atoms with van der Waals surface area (Å²) in [6.07, 6.45) is -10.9. The Bertz CT molecular complexity index is 122. The highest BCUT2D eigenvalue weighted by Crippen LogP contribution is 2.48. The maximum atomic E-state index is 11.5. The van der Waals surface area contributed by atoms with Crippen LogP contribution in [0.4, 0.5) is 26.3 Å². The molecule has 0 bridgehead atoms. The summed E-state index contributed by atoms with van der Waals surface area (Å²) in [6, 6.07) is 0. The molecule has 0 nitrogen and oxygen atoms in total. The Hall–Kier alpha value is -0.420. The molecule has 0 aliphatic heterocycles. The van der Waals surface area contributed by atoms with Gasteiger partial charge in [-0.25, -0.2) is 0 Å². The fourth-order valence-corrected chi connectivity index (χ4v) is 0.161. The third kappa shape index (κ3) is 1.78. The minimum Gasteiger partial charge on any atom is -0.170 e. The van der Waals surface area contributed by atoms with Crippen LogP contribution in [-0.4, -0.2) is 12.4 Å². The number of alkyl halides is 6. The summed E-state index contributed by atoms with van der Waals surface area (Å²) < 4.78 is 68.9. The first kappa shape index (κ1) is 10.6. The van der Waals surface area contributed by atoms with Crippen molar-refractivity contribution < 1.29 is 26.3 Å². The molecule has 0 amide bonds. The second kappa shape index (κ2) is 2.28. The van der Waals surface area contributed by atoms with Gasteiger partial charge in [-0.3, -0.25) is 0 Å². The van der Waals surface area contributed by atoms with Crippen molar-refractivity contribution in [3.8, 4) is 0 Å². The van der Waals surface area contributed by atoms with Gasteiger partial charge in [0.25, 0.3) is 0 Å². The van der Waals surface area contributed by atoms with Crippen LogP contribution >= 0.6 is 0 Å². The molecule has 0 aromatic heterocycles. The predicted octanol–water partition coefficient (Wildman–Crippen LogP) is 2.77. The van der Waals surface area contributed by atoms with Gasteiger partial charge < -0.3 is 0 Å². The van der Waals surface area contributed by atoms with Gasteiger partial charge in [0.1, 0.15) is 0 Å². The third-order valence-corrected chi connectivity index (χ3v) is 1.09. The first-order valence-electron chi connectivity index (χ1n) is 2.34. The fraction of sp³-hybridized carbons (Fsp3) is 0.600. The van der Waals surface area contributed by atoms with Gasteiger partial charge in [0.15, 0.2) is 5.41 Å². The van der Waals surface area contributed by atoms with Gasteiger partial charge in [0, 0.05) is 0 Å². The van der Waals surface area contributed by atoms with Crippen LogP contribution < -0.4 is 0 Å². The summed E-state index contributed by atoms with van der Waals surface area (Å²) in [5.74, 6) is 0. The second-order valence-electron chi connectivity index (χ2n) is 2.08. The lowest BCUT2D eigenvalue weighted by Gasteiger charge is -2.29. The fourth-order valence-electron chi connectivity index (χ4n) is 0.161. The SMILES string of the molecule is [CH2]C([CH2])(C(F)(F)F)C(F)(F)F. The van der Waals surface area contributed by atoms with E-state index < -0.39 is 17.8 Å². The molecule has 2 radical (unpaired) electrons. The second-order valence-corrected chi connectivity index (χ2v) is 2.08. The highest BCUT2D eigenvalue weighted by Gasteiger charge is 2.64. The van der Waals surface area contributed by atoms with E-state index in [2.05, 4.69) is 0 Å². The summed E-state index contributed by atoms with van der Waals surface area (Å²) in [6.45, 7) is 3.90. The molecule has 0 aliphatic rings. The van der Waals surface area contributed by atoms with Crippen LogP contribution in [0.25, 0.3) is 0 Å². The summed E-state index contributed by atoms with van der Waals surface area (Å²) >= 11 is 0. The summed E-state index contributed by atoms with van der Waals surface area (Å²) in [7, 11) is 0. The molecule has 11 heavy (non-hydrogen) atoms. The molecule has 0 saturated heterocycles. The van der Waals surface area contributed by atoms with Crippen molar-refractivity contribution in [2.45, 2.75) is 12.4 Å². The van der Waals surface area contributed by atoms with Gasteiger partial charge >= 0.3 is 12.4 Å². The van der Waals surface area contributed by atoms with Crippen molar-refractivity contribution in [3.05, 3.63) is 13.8 Å². The standard InChI is InChI=1S/C5H4F6/c1-3(2,4(6,7)8)5(9,10)11/h1-2H2. The van der Waals surface area contributed by atoms with Crippen molar-refractivity contribution in [1.29, 1.82) is 0 Å². The van der Waals surface area contributed by atoms with Crippen LogP contribution in [0.2, 0.25) is 0 Å². The lowest BCUT2D eigenvalue weighted by Crippen LogP contribution is -2.45. The Morgan fingerprint density at radius 2 is 0.818 bits per heavy atom. The van der Waals surface area contributed by atoms with Gasteiger partial charge in [-0.05, 0) is 13.8 Å². The van der Waals surface area contributed by atoms with E-state index >= 15 is 0 Å². The van der Waals surface area contributed by atoms with Gasteiger partial charge in [0.2, 0.25) is 0 Å². The summed E-state index contributed by atoms with van der Waals surface area (Å²) in [5, 5.41) is 0. The summed E-state index contributed by atoms with van der Waals surface area (Å²) in [5.41, 5.74) is -4.12. The zero-order chi connectivity index (χ0) is 9.50. The number of rotatable bonds is 0. The summed E-state index contributed by atoms with van der Waals surface area (Å²) in [4.78, 5) is 0. The molecule has 0 fully saturated rings. The van der Waals surface area contributed by atoms with E-state index in [0.29, 0.717) is 0 Å². The largest absolute Gasteiger partial charge is 0.403 e. The average Bonchev–Trinajstić information content (AvgIpc) is 1.58. The quantitative estimate of drug-likeness (QED) is 0.500. The molecule has 0 aliphatic carbocycles. The van der Waals surface area contributed by atoms with Crippen molar-refractivity contribution in [2.75, 3.05) is 0 Å². The molecule has 6 heteroatoms. The van der Waals surface area contributed by atoms with Crippen LogP contribution in [-0.2, 0) is 0 Å². The Morgan fingerprint density at radius 1 is 0.636 bits per heavy atom. The minimum atomic E-state index is -5.47. The maximum absolute atomic E-state index is 11.5. The van der Waals surface area contributed by atoms with E-state index in [1.807, 2.05) is 13.8 Å². The van der Waals surface area contributed by atoms with Gasteiger partial charge in [-0.15, -0.1) is 0 Å². The number of hydrogen-bond acceptors (Lipinski definition) is 0. The Labute approximate surface area is 59.2 Å². The first-order valence-corrected chi connectivity index (χ1v) is 2.34. The predicted molar refractivity (Wildman–Crippen MR) is 25.3 cm³/mol.